The van der Waals surface area contributed by atoms with Gasteiger partial charge >= 0.3 is 0 Å². The highest BCUT2D eigenvalue weighted by Gasteiger charge is 2.04. The molecule has 3 heteroatoms. The number of hydrogen-bond acceptors (Lipinski definition) is 3. The molecule has 0 aromatic heterocycles. The number of ketones is 1. The van der Waals surface area contributed by atoms with Crippen molar-refractivity contribution in [2.45, 2.75) is 20.3 Å². The predicted molar refractivity (Wildman–Crippen MR) is 84.2 cm³/mol. The van der Waals surface area contributed by atoms with E-state index in [-0.39, 0.29) is 5.78 Å². The first-order valence-electron chi connectivity index (χ1n) is 6.76. The topological polar surface area (TPSA) is 55.1 Å². The summed E-state index contributed by atoms with van der Waals surface area (Å²) in [4.78, 5) is 11.3. The standard InChI is InChI=1S/C17H20N2O/c1-12-4-3-5-14(10-12)8-9-19-15-6-7-16(13(2)20)17(18)11-15/h3-7,10-11,19H,8-9,18H2,1-2H3. The van der Waals surface area contributed by atoms with E-state index in [0.717, 1.165) is 18.7 Å². The number of nitrogen functional groups attached to an aromatic ring is 1. The molecule has 0 bridgehead atoms. The maximum Gasteiger partial charge on any atom is 0.161 e. The molecule has 0 unspecified atom stereocenters. The number of hydrogen-bond donors (Lipinski definition) is 2. The minimum Gasteiger partial charge on any atom is -0.398 e. The number of nitrogens with two attached hydrogens (primary N) is 1. The summed E-state index contributed by atoms with van der Waals surface area (Å²) in [5.41, 5.74) is 10.5. The van der Waals surface area contributed by atoms with Gasteiger partial charge in [0.25, 0.3) is 0 Å². The largest absolute Gasteiger partial charge is 0.398 e. The molecule has 20 heavy (non-hydrogen) atoms. The van der Waals surface area contributed by atoms with E-state index in [1.165, 1.54) is 18.1 Å². The highest BCUT2D eigenvalue weighted by molar-refractivity contribution is 5.99. The molecule has 3 N–H and O–H groups in total. The molecule has 0 fully saturated rings. The van der Waals surface area contributed by atoms with Crippen molar-refractivity contribution in [3.63, 3.8) is 0 Å². The van der Waals surface area contributed by atoms with E-state index < -0.39 is 0 Å². The molecule has 0 amide bonds. The molecule has 3 nitrogen and oxygen atoms in total. The van der Waals surface area contributed by atoms with Crippen molar-refractivity contribution in [3.05, 3.63) is 59.2 Å². The van der Waals surface area contributed by atoms with Crippen LogP contribution in [0.5, 0.6) is 0 Å². The first kappa shape index (κ1) is 14.1. The maximum atomic E-state index is 11.3. The van der Waals surface area contributed by atoms with E-state index in [1.54, 1.807) is 6.07 Å². The molecule has 0 saturated heterocycles. The first-order valence-corrected chi connectivity index (χ1v) is 6.76. The summed E-state index contributed by atoms with van der Waals surface area (Å²) in [6.45, 7) is 4.46. The Bertz CT molecular complexity index is 620. The molecule has 0 aliphatic carbocycles. The molecule has 0 aliphatic heterocycles. The van der Waals surface area contributed by atoms with Gasteiger partial charge in [-0.05, 0) is 44.0 Å². The normalized spacial score (nSPS) is 10.3. The number of nitrogens with one attached hydrogen (secondary N) is 1. The Balaban J connectivity index is 1.94. The summed E-state index contributed by atoms with van der Waals surface area (Å²) in [5.74, 6) is -0.00573. The lowest BCUT2D eigenvalue weighted by Gasteiger charge is -2.09. The van der Waals surface area contributed by atoms with Crippen LogP contribution >= 0.6 is 0 Å². The lowest BCUT2D eigenvalue weighted by atomic mass is 10.1. The minimum atomic E-state index is -0.00573. The maximum absolute atomic E-state index is 11.3. The molecule has 2 aromatic carbocycles. The van der Waals surface area contributed by atoms with Crippen LogP contribution in [0.15, 0.2) is 42.5 Å². The Morgan fingerprint density at radius 2 is 2.00 bits per heavy atom. The zero-order valence-corrected chi connectivity index (χ0v) is 11.9. The Hall–Kier alpha value is -2.29. The van der Waals surface area contributed by atoms with Gasteiger partial charge in [-0.3, -0.25) is 4.79 Å². The van der Waals surface area contributed by atoms with Gasteiger partial charge in [-0.1, -0.05) is 29.8 Å². The van der Waals surface area contributed by atoms with Gasteiger partial charge in [0.1, 0.15) is 0 Å². The van der Waals surface area contributed by atoms with Gasteiger partial charge < -0.3 is 11.1 Å². The van der Waals surface area contributed by atoms with Gasteiger partial charge in [0.15, 0.2) is 5.78 Å². The van der Waals surface area contributed by atoms with Crippen molar-refractivity contribution >= 4 is 17.2 Å². The first-order chi connectivity index (χ1) is 9.56. The van der Waals surface area contributed by atoms with Crippen molar-refractivity contribution in [3.8, 4) is 0 Å². The Morgan fingerprint density at radius 3 is 2.65 bits per heavy atom. The monoisotopic (exact) mass is 268 g/mol. The summed E-state index contributed by atoms with van der Waals surface area (Å²) >= 11 is 0. The number of benzene rings is 2. The molecule has 0 radical (unpaired) electrons. The van der Waals surface area contributed by atoms with Gasteiger partial charge in [0, 0.05) is 23.5 Å². The smallest absolute Gasteiger partial charge is 0.161 e. The lowest BCUT2D eigenvalue weighted by Crippen LogP contribution is -2.06. The number of carbonyl (C=O) groups is 1. The third-order valence-corrected chi connectivity index (χ3v) is 3.26. The lowest BCUT2D eigenvalue weighted by molar-refractivity contribution is 0.101. The van der Waals surface area contributed by atoms with Crippen molar-refractivity contribution in [1.29, 1.82) is 0 Å². The molecule has 2 aromatic rings. The van der Waals surface area contributed by atoms with Crippen molar-refractivity contribution < 1.29 is 4.79 Å². The quantitative estimate of drug-likeness (QED) is 0.645. The number of aryl methyl sites for hydroxylation is 1. The van der Waals surface area contributed by atoms with Crippen molar-refractivity contribution in [1.82, 2.24) is 0 Å². The van der Waals surface area contributed by atoms with Crippen LogP contribution in [0.3, 0.4) is 0 Å². The van der Waals surface area contributed by atoms with Gasteiger partial charge in [0.2, 0.25) is 0 Å². The average Bonchev–Trinajstić information content (AvgIpc) is 2.38. The van der Waals surface area contributed by atoms with E-state index in [0.29, 0.717) is 11.3 Å². The van der Waals surface area contributed by atoms with Crippen LogP contribution in [0.2, 0.25) is 0 Å². The second-order valence-corrected chi connectivity index (χ2v) is 5.02. The van der Waals surface area contributed by atoms with Gasteiger partial charge in [0.05, 0.1) is 0 Å². The summed E-state index contributed by atoms with van der Waals surface area (Å²) in [6.07, 6.45) is 0.954. The molecule has 0 atom stereocenters. The van der Waals surface area contributed by atoms with Gasteiger partial charge in [-0.15, -0.1) is 0 Å². The van der Waals surface area contributed by atoms with Gasteiger partial charge in [-0.2, -0.15) is 0 Å². The fourth-order valence-electron chi connectivity index (χ4n) is 2.21. The van der Waals surface area contributed by atoms with Crippen LogP contribution in [0.25, 0.3) is 0 Å². The zero-order chi connectivity index (χ0) is 14.5. The van der Waals surface area contributed by atoms with Crippen LogP contribution < -0.4 is 11.1 Å². The highest BCUT2D eigenvalue weighted by atomic mass is 16.1. The molecule has 2 rings (SSSR count). The molecule has 0 spiro atoms. The summed E-state index contributed by atoms with van der Waals surface area (Å²) in [7, 11) is 0. The van der Waals surface area contributed by atoms with E-state index in [2.05, 4.69) is 36.5 Å². The Kier molecular flexibility index (Phi) is 4.41. The van der Waals surface area contributed by atoms with E-state index >= 15 is 0 Å². The molecule has 104 valence electrons. The van der Waals surface area contributed by atoms with Crippen LogP contribution in [0.4, 0.5) is 11.4 Å². The molecular formula is C17H20N2O. The summed E-state index contributed by atoms with van der Waals surface area (Å²) < 4.78 is 0. The van der Waals surface area contributed by atoms with Crippen LogP contribution in [0, 0.1) is 6.92 Å². The molecule has 0 heterocycles. The van der Waals surface area contributed by atoms with E-state index in [9.17, 15) is 4.79 Å². The van der Waals surface area contributed by atoms with Crippen LogP contribution in [-0.2, 0) is 6.42 Å². The zero-order valence-electron chi connectivity index (χ0n) is 11.9. The molecular weight excluding hydrogens is 248 g/mol. The SMILES string of the molecule is CC(=O)c1ccc(NCCc2cccc(C)c2)cc1N. The molecule has 0 aliphatic rings. The summed E-state index contributed by atoms with van der Waals surface area (Å²) in [5, 5.41) is 3.33. The van der Waals surface area contributed by atoms with Crippen molar-refractivity contribution in [2.24, 2.45) is 0 Å². The average molecular weight is 268 g/mol. The number of rotatable bonds is 5. The highest BCUT2D eigenvalue weighted by Crippen LogP contribution is 2.18. The Labute approximate surface area is 119 Å². The van der Waals surface area contributed by atoms with Crippen LogP contribution in [-0.4, -0.2) is 12.3 Å². The second-order valence-electron chi connectivity index (χ2n) is 5.02. The fourth-order valence-corrected chi connectivity index (χ4v) is 2.21. The Morgan fingerprint density at radius 1 is 1.20 bits per heavy atom. The minimum absolute atomic E-state index is 0.00573. The summed E-state index contributed by atoms with van der Waals surface area (Å²) in [6, 6.07) is 14.0. The van der Waals surface area contributed by atoms with Crippen LogP contribution in [0.1, 0.15) is 28.4 Å². The van der Waals surface area contributed by atoms with Crippen molar-refractivity contribution in [2.75, 3.05) is 17.6 Å². The number of carbonyl (C=O) groups excluding carboxylic acids is 1. The second kappa shape index (κ2) is 6.24. The third kappa shape index (κ3) is 3.60. The molecule has 0 saturated carbocycles. The fraction of sp³-hybridized carbons (Fsp3) is 0.235. The van der Waals surface area contributed by atoms with E-state index in [1.807, 2.05) is 12.1 Å². The number of Topliss-reactive ketones (excluding diaryl/α,β-unsaturated/α-hetero) is 1. The van der Waals surface area contributed by atoms with E-state index in [4.69, 9.17) is 5.73 Å². The predicted octanol–water partition coefficient (Wildman–Crippen LogP) is 3.43. The van der Waals surface area contributed by atoms with Gasteiger partial charge in [-0.25, -0.2) is 0 Å². The third-order valence-electron chi connectivity index (χ3n) is 3.26. The number of anilines is 2.